The molecule has 1 fully saturated rings. The zero-order valence-corrected chi connectivity index (χ0v) is 13.8. The highest BCUT2D eigenvalue weighted by molar-refractivity contribution is 7.09. The Bertz CT molecular complexity index is 638. The van der Waals surface area contributed by atoms with E-state index in [2.05, 4.69) is 35.9 Å². The van der Waals surface area contributed by atoms with Crippen molar-refractivity contribution in [2.24, 2.45) is 0 Å². The molecule has 3 rings (SSSR count). The molecule has 0 aromatic carbocycles. The molecular formula is C15H20N6OS. The molecule has 1 saturated heterocycles. The minimum atomic E-state index is -0.202. The van der Waals surface area contributed by atoms with Crippen LogP contribution < -0.4 is 10.6 Å². The van der Waals surface area contributed by atoms with E-state index in [-0.39, 0.29) is 12.1 Å². The Morgan fingerprint density at radius 2 is 2.26 bits per heavy atom. The highest BCUT2D eigenvalue weighted by atomic mass is 32.1. The van der Waals surface area contributed by atoms with Gasteiger partial charge in [-0.15, -0.1) is 0 Å². The molecule has 0 radical (unpaired) electrons. The molecular weight excluding hydrogens is 312 g/mol. The van der Waals surface area contributed by atoms with E-state index in [1.807, 2.05) is 12.3 Å². The molecule has 0 unspecified atom stereocenters. The average Bonchev–Trinajstić information content (AvgIpc) is 2.95. The summed E-state index contributed by atoms with van der Waals surface area (Å²) in [5.41, 5.74) is 1.23. The topological polar surface area (TPSA) is 83.0 Å². The van der Waals surface area contributed by atoms with Gasteiger partial charge in [-0.3, -0.25) is 15.2 Å². The molecule has 2 aromatic rings. The van der Waals surface area contributed by atoms with Gasteiger partial charge in [0.15, 0.2) is 0 Å². The van der Waals surface area contributed by atoms with E-state index >= 15 is 0 Å². The zero-order valence-electron chi connectivity index (χ0n) is 13.0. The smallest absolute Gasteiger partial charge is 0.321 e. The number of anilines is 1. The van der Waals surface area contributed by atoms with Crippen LogP contribution in [0, 0.1) is 6.92 Å². The van der Waals surface area contributed by atoms with Crippen LogP contribution in [0.4, 0.5) is 9.93 Å². The summed E-state index contributed by atoms with van der Waals surface area (Å²) in [4.78, 5) is 22.6. The van der Waals surface area contributed by atoms with Crippen LogP contribution in [0.5, 0.6) is 0 Å². The predicted molar refractivity (Wildman–Crippen MR) is 89.3 cm³/mol. The normalized spacial score (nSPS) is 16.2. The maximum Gasteiger partial charge on any atom is 0.321 e. The maximum absolute atomic E-state index is 12.0. The molecule has 122 valence electrons. The standard InChI is InChI=1S/C15H20N6OS/c1-11-17-15(23-20-11)19-14(22)18-13-4-7-21(8-5-13)10-12-3-2-6-16-9-12/h2-3,6,9,13H,4-5,7-8,10H2,1H3,(H2,17,18,19,20,22). The van der Waals surface area contributed by atoms with E-state index in [0.29, 0.717) is 11.0 Å². The molecule has 1 aliphatic heterocycles. The van der Waals surface area contributed by atoms with Crippen LogP contribution in [-0.4, -0.2) is 44.4 Å². The summed E-state index contributed by atoms with van der Waals surface area (Å²) < 4.78 is 4.04. The highest BCUT2D eigenvalue weighted by Gasteiger charge is 2.21. The molecule has 2 aromatic heterocycles. The molecule has 2 N–H and O–H groups in total. The van der Waals surface area contributed by atoms with Crippen molar-refractivity contribution in [1.29, 1.82) is 0 Å². The van der Waals surface area contributed by atoms with Crippen molar-refractivity contribution in [3.63, 3.8) is 0 Å². The van der Waals surface area contributed by atoms with Crippen LogP contribution in [0.1, 0.15) is 24.2 Å². The summed E-state index contributed by atoms with van der Waals surface area (Å²) in [6.07, 6.45) is 5.59. The second-order valence-corrected chi connectivity index (χ2v) is 6.41. The minimum absolute atomic E-state index is 0.202. The summed E-state index contributed by atoms with van der Waals surface area (Å²) in [5, 5.41) is 6.28. The lowest BCUT2D eigenvalue weighted by molar-refractivity contribution is 0.189. The number of nitrogens with zero attached hydrogens (tertiary/aromatic N) is 4. The quantitative estimate of drug-likeness (QED) is 0.895. The molecule has 0 saturated carbocycles. The number of nitrogens with one attached hydrogen (secondary N) is 2. The largest absolute Gasteiger partial charge is 0.335 e. The van der Waals surface area contributed by atoms with E-state index in [1.54, 1.807) is 13.1 Å². The predicted octanol–water partition coefficient (Wildman–Crippen LogP) is 2.03. The third kappa shape index (κ3) is 4.70. The molecule has 0 spiro atoms. The Morgan fingerprint density at radius 1 is 1.43 bits per heavy atom. The molecule has 3 heterocycles. The number of amides is 2. The SMILES string of the molecule is Cc1nsc(NC(=O)NC2CCN(Cc3cccnc3)CC2)n1. The number of aromatic nitrogens is 3. The number of hydrogen-bond acceptors (Lipinski definition) is 6. The van der Waals surface area contributed by atoms with Crippen molar-refractivity contribution in [2.75, 3.05) is 18.4 Å². The summed E-state index contributed by atoms with van der Waals surface area (Å²) in [5.74, 6) is 0.675. The Morgan fingerprint density at radius 3 is 2.91 bits per heavy atom. The summed E-state index contributed by atoms with van der Waals surface area (Å²) in [6, 6.07) is 4.05. The lowest BCUT2D eigenvalue weighted by Gasteiger charge is -2.32. The first-order valence-electron chi connectivity index (χ1n) is 7.68. The number of likely N-dealkylation sites (tertiary alicyclic amines) is 1. The average molecular weight is 332 g/mol. The van der Waals surface area contributed by atoms with Gasteiger partial charge in [0.25, 0.3) is 0 Å². The second-order valence-electron chi connectivity index (χ2n) is 5.66. The van der Waals surface area contributed by atoms with Gasteiger partial charge in [0.05, 0.1) is 0 Å². The molecule has 2 amide bonds. The van der Waals surface area contributed by atoms with E-state index in [4.69, 9.17) is 0 Å². The van der Waals surface area contributed by atoms with Crippen molar-refractivity contribution >= 4 is 22.7 Å². The van der Waals surface area contributed by atoms with Crippen molar-refractivity contribution < 1.29 is 4.79 Å². The molecule has 0 atom stereocenters. The van der Waals surface area contributed by atoms with Crippen LogP contribution in [-0.2, 0) is 6.54 Å². The van der Waals surface area contributed by atoms with Crippen molar-refractivity contribution in [1.82, 2.24) is 24.6 Å². The van der Waals surface area contributed by atoms with Gasteiger partial charge in [-0.25, -0.2) is 9.78 Å². The van der Waals surface area contributed by atoms with E-state index in [0.717, 1.165) is 32.5 Å². The number of rotatable bonds is 4. The van der Waals surface area contributed by atoms with E-state index in [9.17, 15) is 4.79 Å². The molecule has 0 bridgehead atoms. The minimum Gasteiger partial charge on any atom is -0.335 e. The number of urea groups is 1. The number of carbonyl (C=O) groups is 1. The summed E-state index contributed by atoms with van der Waals surface area (Å²) in [7, 11) is 0. The summed E-state index contributed by atoms with van der Waals surface area (Å²) >= 11 is 1.19. The maximum atomic E-state index is 12.0. The lowest BCUT2D eigenvalue weighted by atomic mass is 10.0. The van der Waals surface area contributed by atoms with Crippen molar-refractivity contribution in [2.45, 2.75) is 32.4 Å². The van der Waals surface area contributed by atoms with Gasteiger partial charge >= 0.3 is 6.03 Å². The third-order valence-electron chi connectivity index (χ3n) is 3.80. The van der Waals surface area contributed by atoms with Gasteiger partial charge in [-0.05, 0) is 31.4 Å². The van der Waals surface area contributed by atoms with E-state index < -0.39 is 0 Å². The van der Waals surface area contributed by atoms with Gasteiger partial charge in [0, 0.05) is 49.6 Å². The molecule has 23 heavy (non-hydrogen) atoms. The fourth-order valence-electron chi connectivity index (χ4n) is 2.65. The van der Waals surface area contributed by atoms with Crippen LogP contribution in [0.3, 0.4) is 0 Å². The molecule has 7 nitrogen and oxygen atoms in total. The molecule has 1 aliphatic rings. The number of carbonyl (C=O) groups excluding carboxylic acids is 1. The Hall–Kier alpha value is -2.06. The first-order valence-corrected chi connectivity index (χ1v) is 8.45. The lowest BCUT2D eigenvalue weighted by Crippen LogP contribution is -2.45. The first-order chi connectivity index (χ1) is 11.2. The van der Waals surface area contributed by atoms with Gasteiger partial charge in [0.2, 0.25) is 5.13 Å². The fourth-order valence-corrected chi connectivity index (χ4v) is 3.22. The van der Waals surface area contributed by atoms with Gasteiger partial charge in [-0.2, -0.15) is 4.37 Å². The first kappa shape index (κ1) is 15.8. The summed E-state index contributed by atoms with van der Waals surface area (Å²) in [6.45, 7) is 4.66. The van der Waals surface area contributed by atoms with Crippen LogP contribution in [0.15, 0.2) is 24.5 Å². The molecule has 8 heteroatoms. The number of aryl methyl sites for hydroxylation is 1. The van der Waals surface area contributed by atoms with Gasteiger partial charge < -0.3 is 5.32 Å². The Balaban J connectivity index is 1.41. The number of hydrogen-bond donors (Lipinski definition) is 2. The fraction of sp³-hybridized carbons (Fsp3) is 0.467. The van der Waals surface area contributed by atoms with Crippen LogP contribution >= 0.6 is 11.5 Å². The Labute approximate surface area is 139 Å². The highest BCUT2D eigenvalue weighted by Crippen LogP contribution is 2.14. The number of pyridine rings is 1. The van der Waals surface area contributed by atoms with E-state index in [1.165, 1.54) is 17.1 Å². The van der Waals surface area contributed by atoms with Crippen molar-refractivity contribution in [3.05, 3.63) is 35.9 Å². The number of piperidine rings is 1. The van der Waals surface area contributed by atoms with Crippen molar-refractivity contribution in [3.8, 4) is 0 Å². The monoisotopic (exact) mass is 332 g/mol. The second kappa shape index (κ2) is 7.47. The van der Waals surface area contributed by atoms with Gasteiger partial charge in [-0.1, -0.05) is 6.07 Å². The van der Waals surface area contributed by atoms with Crippen LogP contribution in [0.2, 0.25) is 0 Å². The third-order valence-corrected chi connectivity index (χ3v) is 4.52. The zero-order chi connectivity index (χ0) is 16.1. The van der Waals surface area contributed by atoms with Crippen LogP contribution in [0.25, 0.3) is 0 Å². The van der Waals surface area contributed by atoms with Gasteiger partial charge in [0.1, 0.15) is 5.82 Å². The molecule has 0 aliphatic carbocycles. The Kier molecular flexibility index (Phi) is 5.14.